The van der Waals surface area contributed by atoms with Crippen LogP contribution in [-0.4, -0.2) is 41.6 Å². The predicted octanol–water partition coefficient (Wildman–Crippen LogP) is 4.79. The molecule has 0 unspecified atom stereocenters. The molecule has 7 nitrogen and oxygen atoms in total. The monoisotopic (exact) mass is 465 g/mol. The molecule has 1 aliphatic rings. The molecule has 0 saturated carbocycles. The molecule has 0 atom stereocenters. The number of carbonyl (C=O) groups excluding carboxylic acids is 2. The number of nitrogens with one attached hydrogen (secondary N) is 3. The molecule has 1 aliphatic carbocycles. The Labute approximate surface area is 199 Å². The summed E-state index contributed by atoms with van der Waals surface area (Å²) >= 11 is 5.84. The lowest BCUT2D eigenvalue weighted by Gasteiger charge is -2.15. The zero-order valence-corrected chi connectivity index (χ0v) is 19.9. The van der Waals surface area contributed by atoms with E-state index in [1.165, 1.54) is 6.20 Å². The Kier molecular flexibility index (Phi) is 9.57. The maximum atomic E-state index is 12.8. The molecule has 8 heteroatoms. The lowest BCUT2D eigenvalue weighted by molar-refractivity contribution is -0.113. The van der Waals surface area contributed by atoms with Crippen LogP contribution in [0.1, 0.15) is 36.2 Å². The second kappa shape index (κ2) is 12.4. The first-order valence-electron chi connectivity index (χ1n) is 10.5. The van der Waals surface area contributed by atoms with Crippen LogP contribution >= 0.6 is 11.6 Å². The molecule has 3 rings (SSSR count). The molecule has 0 spiro atoms. The largest absolute Gasteiger partial charge is 0.363 e. The van der Waals surface area contributed by atoms with E-state index in [2.05, 4.69) is 15.6 Å². The maximum absolute atomic E-state index is 12.8. The lowest BCUT2D eigenvalue weighted by atomic mass is 10.1. The van der Waals surface area contributed by atoms with Crippen molar-refractivity contribution in [1.29, 1.82) is 5.41 Å². The van der Waals surface area contributed by atoms with Gasteiger partial charge in [-0.2, -0.15) is 0 Å². The van der Waals surface area contributed by atoms with Crippen molar-refractivity contribution in [2.75, 3.05) is 19.4 Å². The van der Waals surface area contributed by atoms with Crippen LogP contribution in [0.4, 0.5) is 5.82 Å². The van der Waals surface area contributed by atoms with Crippen molar-refractivity contribution in [3.63, 3.8) is 0 Å². The van der Waals surface area contributed by atoms with Crippen molar-refractivity contribution in [2.24, 2.45) is 0 Å². The van der Waals surface area contributed by atoms with Gasteiger partial charge in [-0.1, -0.05) is 55.8 Å². The van der Waals surface area contributed by atoms with Gasteiger partial charge < -0.3 is 15.5 Å². The number of anilines is 1. The van der Waals surface area contributed by atoms with Gasteiger partial charge in [-0.15, -0.1) is 0 Å². The number of rotatable bonds is 5. The second-order valence-corrected chi connectivity index (χ2v) is 7.41. The maximum Gasteiger partial charge on any atom is 0.255 e. The van der Waals surface area contributed by atoms with Crippen LogP contribution in [-0.2, 0) is 4.79 Å². The van der Waals surface area contributed by atoms with Gasteiger partial charge in [0.25, 0.3) is 11.8 Å². The number of amidine groups is 1. The van der Waals surface area contributed by atoms with Crippen molar-refractivity contribution in [1.82, 2.24) is 15.2 Å². The van der Waals surface area contributed by atoms with Gasteiger partial charge in [0.2, 0.25) is 0 Å². The highest BCUT2D eigenvalue weighted by Gasteiger charge is 2.18. The molecular weight excluding hydrogens is 438 g/mol. The van der Waals surface area contributed by atoms with Crippen LogP contribution in [0.2, 0.25) is 5.02 Å². The van der Waals surface area contributed by atoms with Gasteiger partial charge in [-0.25, -0.2) is 4.98 Å². The van der Waals surface area contributed by atoms with E-state index in [-0.39, 0.29) is 11.8 Å². The average molecular weight is 466 g/mol. The van der Waals surface area contributed by atoms with Gasteiger partial charge in [0, 0.05) is 37.0 Å². The number of hydrogen-bond acceptors (Lipinski definition) is 4. The molecule has 1 aromatic heterocycles. The third-order valence-electron chi connectivity index (χ3n) is 4.52. The molecule has 0 fully saturated rings. The summed E-state index contributed by atoms with van der Waals surface area (Å²) in [6, 6.07) is 9.98. The summed E-state index contributed by atoms with van der Waals surface area (Å²) < 4.78 is 0. The van der Waals surface area contributed by atoms with Crippen molar-refractivity contribution in [3.8, 4) is 0 Å². The zero-order chi connectivity index (χ0) is 24.4. The first kappa shape index (κ1) is 25.5. The number of benzene rings is 1. The minimum absolute atomic E-state index is 0.348. The van der Waals surface area contributed by atoms with Crippen LogP contribution in [0, 0.1) is 5.41 Å². The lowest BCUT2D eigenvalue weighted by Crippen LogP contribution is -2.27. The van der Waals surface area contributed by atoms with Crippen LogP contribution in [0.25, 0.3) is 0 Å². The third-order valence-corrected chi connectivity index (χ3v) is 4.74. The van der Waals surface area contributed by atoms with Crippen molar-refractivity contribution in [2.45, 2.75) is 20.3 Å². The molecule has 2 aromatic rings. The highest BCUT2D eigenvalue weighted by Crippen LogP contribution is 2.17. The predicted molar refractivity (Wildman–Crippen MR) is 134 cm³/mol. The Hall–Kier alpha value is -3.71. The van der Waals surface area contributed by atoms with E-state index < -0.39 is 0 Å². The fourth-order valence-corrected chi connectivity index (χ4v) is 2.94. The fraction of sp³-hybridized carbons (Fsp3) is 0.200. The molecule has 172 valence electrons. The summed E-state index contributed by atoms with van der Waals surface area (Å²) in [6.07, 6.45) is 8.89. The van der Waals surface area contributed by atoms with E-state index in [1.54, 1.807) is 67.5 Å². The molecule has 0 radical (unpaired) electrons. The number of aromatic nitrogens is 1. The van der Waals surface area contributed by atoms with E-state index in [0.29, 0.717) is 45.5 Å². The number of hydrogen-bond donors (Lipinski definition) is 3. The van der Waals surface area contributed by atoms with Crippen LogP contribution < -0.4 is 10.6 Å². The summed E-state index contributed by atoms with van der Waals surface area (Å²) in [5, 5.41) is 14.0. The molecule has 1 aromatic carbocycles. The Balaban J connectivity index is 0.00000187. The topological polar surface area (TPSA) is 98.2 Å². The first-order valence-corrected chi connectivity index (χ1v) is 10.9. The molecule has 3 N–H and O–H groups in total. The van der Waals surface area contributed by atoms with Crippen molar-refractivity contribution < 1.29 is 9.59 Å². The van der Waals surface area contributed by atoms with Crippen molar-refractivity contribution >= 4 is 35.1 Å². The molecule has 0 bridgehead atoms. The van der Waals surface area contributed by atoms with E-state index in [0.717, 1.165) is 0 Å². The fourth-order valence-electron chi connectivity index (χ4n) is 2.83. The van der Waals surface area contributed by atoms with Gasteiger partial charge in [0.15, 0.2) is 0 Å². The van der Waals surface area contributed by atoms with Gasteiger partial charge in [0.05, 0.1) is 10.7 Å². The Bertz CT molecular complexity index is 1080. The van der Waals surface area contributed by atoms with E-state index in [9.17, 15) is 9.59 Å². The highest BCUT2D eigenvalue weighted by atomic mass is 35.5. The smallest absolute Gasteiger partial charge is 0.255 e. The van der Waals surface area contributed by atoms with Gasteiger partial charge >= 0.3 is 0 Å². The average Bonchev–Trinajstić information content (AvgIpc) is 3.07. The quantitative estimate of drug-likeness (QED) is 0.437. The molecule has 0 aliphatic heterocycles. The van der Waals surface area contributed by atoms with Crippen molar-refractivity contribution in [3.05, 3.63) is 94.3 Å². The Morgan fingerprint density at radius 1 is 0.970 bits per heavy atom. The van der Waals surface area contributed by atoms with Crippen LogP contribution in [0.3, 0.4) is 0 Å². The summed E-state index contributed by atoms with van der Waals surface area (Å²) in [7, 11) is 3.57. The van der Waals surface area contributed by atoms with Crippen LogP contribution in [0.15, 0.2) is 78.2 Å². The third kappa shape index (κ3) is 7.15. The highest BCUT2D eigenvalue weighted by molar-refractivity contribution is 6.30. The second-order valence-electron chi connectivity index (χ2n) is 6.97. The SMILES string of the molecule is CC.CN(C)C(=N)c1ccc(C(=O)NC2=C(C(=O)Nc3ccc(Cl)cn3)CC=CC=C2)cc1. The van der Waals surface area contributed by atoms with Gasteiger partial charge in [-0.05, 0) is 36.8 Å². The molecule has 2 amide bonds. The molecular formula is C25H28ClN5O2. The zero-order valence-electron chi connectivity index (χ0n) is 19.1. The normalized spacial score (nSPS) is 12.3. The minimum atomic E-state index is -0.365. The number of carbonyl (C=O) groups is 2. The van der Waals surface area contributed by atoms with E-state index >= 15 is 0 Å². The van der Waals surface area contributed by atoms with Crippen LogP contribution in [0.5, 0.6) is 0 Å². The summed E-state index contributed by atoms with van der Waals surface area (Å²) in [4.78, 5) is 31.4. The van der Waals surface area contributed by atoms with E-state index in [1.807, 2.05) is 26.0 Å². The number of allylic oxidation sites excluding steroid dienone is 4. The number of halogens is 1. The summed E-state index contributed by atoms with van der Waals surface area (Å²) in [5.41, 5.74) is 1.94. The summed E-state index contributed by atoms with van der Waals surface area (Å²) in [6.45, 7) is 4.00. The first-order chi connectivity index (χ1) is 15.8. The van der Waals surface area contributed by atoms with E-state index in [4.69, 9.17) is 17.0 Å². The van der Waals surface area contributed by atoms with Gasteiger partial charge in [-0.3, -0.25) is 15.0 Å². The van der Waals surface area contributed by atoms with Gasteiger partial charge in [0.1, 0.15) is 11.7 Å². The summed E-state index contributed by atoms with van der Waals surface area (Å²) in [5.74, 6) is 0.00132. The number of amides is 2. The standard InChI is InChI=1S/C23H22ClN5O2.C2H6/c1-29(2)21(25)15-8-10-16(11-9-15)22(30)27-19-7-5-3-4-6-18(19)23(31)28-20-13-12-17(24)14-26-20;1-2/h3-5,7-14,25H,6H2,1-2H3,(H,27,30)(H,26,28,31);1-2H3. The minimum Gasteiger partial charge on any atom is -0.363 e. The molecule has 33 heavy (non-hydrogen) atoms. The molecule has 0 saturated heterocycles. The number of pyridine rings is 1. The Morgan fingerprint density at radius 3 is 2.24 bits per heavy atom. The number of nitrogens with zero attached hydrogens (tertiary/aromatic N) is 2. The Morgan fingerprint density at radius 2 is 1.64 bits per heavy atom. The molecule has 1 heterocycles.